The topological polar surface area (TPSA) is 77.6 Å². The van der Waals surface area contributed by atoms with Gasteiger partial charge in [0.2, 0.25) is 5.91 Å². The molecule has 31 heavy (non-hydrogen) atoms. The van der Waals surface area contributed by atoms with Crippen molar-refractivity contribution in [1.29, 1.82) is 0 Å². The lowest BCUT2D eigenvalue weighted by Gasteiger charge is -2.35. The Bertz CT molecular complexity index is 1070. The van der Waals surface area contributed by atoms with Crippen LogP contribution in [0.2, 0.25) is 0 Å². The molecule has 0 spiro atoms. The summed E-state index contributed by atoms with van der Waals surface area (Å²) in [6.45, 7) is 0.997. The van der Waals surface area contributed by atoms with E-state index in [1.807, 2.05) is 78.5 Å². The zero-order chi connectivity index (χ0) is 21.8. The van der Waals surface area contributed by atoms with E-state index in [1.54, 1.807) is 18.3 Å². The van der Waals surface area contributed by atoms with Crippen LogP contribution in [0.5, 0.6) is 0 Å². The van der Waals surface area contributed by atoms with Crippen molar-refractivity contribution >= 4 is 23.3 Å². The summed E-state index contributed by atoms with van der Waals surface area (Å²) in [5, 5.41) is 5.93. The first-order chi connectivity index (χ1) is 15.0. The number of likely N-dealkylation sites (N-methyl/N-ethyl adjacent to an activating group) is 1. The molecule has 2 aromatic carbocycles. The van der Waals surface area contributed by atoms with E-state index < -0.39 is 0 Å². The molecule has 158 valence electrons. The van der Waals surface area contributed by atoms with E-state index in [2.05, 4.69) is 15.6 Å². The molecule has 1 atom stereocenters. The Labute approximate surface area is 181 Å². The van der Waals surface area contributed by atoms with Gasteiger partial charge in [-0.2, -0.15) is 0 Å². The number of carbonyl (C=O) groups excluding carboxylic acids is 2. The molecule has 2 amide bonds. The molecule has 0 saturated heterocycles. The van der Waals surface area contributed by atoms with Crippen LogP contribution in [0.4, 0.5) is 11.5 Å². The Morgan fingerprint density at radius 2 is 1.84 bits per heavy atom. The highest BCUT2D eigenvalue weighted by atomic mass is 16.2. The number of anilines is 2. The Kier molecular flexibility index (Phi) is 5.95. The maximum Gasteiger partial charge on any atom is 0.256 e. The SMILES string of the molecule is CN(CC(=O)Nc1ccc(C2NC(=O)c3cccnc3N2C)cc1)Cc1ccccc1. The van der Waals surface area contributed by atoms with E-state index in [-0.39, 0.29) is 18.0 Å². The van der Waals surface area contributed by atoms with Crippen LogP contribution in [-0.2, 0) is 11.3 Å². The minimum atomic E-state index is -0.323. The molecule has 7 nitrogen and oxygen atoms in total. The Morgan fingerprint density at radius 3 is 2.58 bits per heavy atom. The first-order valence-corrected chi connectivity index (χ1v) is 10.1. The summed E-state index contributed by atoms with van der Waals surface area (Å²) in [4.78, 5) is 33.1. The van der Waals surface area contributed by atoms with E-state index in [0.29, 0.717) is 30.2 Å². The van der Waals surface area contributed by atoms with Crippen molar-refractivity contribution in [2.24, 2.45) is 0 Å². The van der Waals surface area contributed by atoms with Crippen LogP contribution >= 0.6 is 0 Å². The maximum atomic E-state index is 12.4. The second kappa shape index (κ2) is 8.97. The number of carbonyl (C=O) groups is 2. The third-order valence-electron chi connectivity index (χ3n) is 5.24. The molecule has 0 fully saturated rings. The summed E-state index contributed by atoms with van der Waals surface area (Å²) < 4.78 is 0. The number of aromatic nitrogens is 1. The standard InChI is InChI=1S/C24H25N5O2/c1-28(15-17-7-4-3-5-8-17)16-21(30)26-19-12-10-18(11-13-19)22-27-24(31)20-9-6-14-25-23(20)29(22)2/h3-14,22H,15-16H2,1-2H3,(H,26,30)(H,27,31). The first-order valence-electron chi connectivity index (χ1n) is 10.1. The fourth-order valence-electron chi connectivity index (χ4n) is 3.73. The van der Waals surface area contributed by atoms with Crippen LogP contribution in [0.25, 0.3) is 0 Å². The highest BCUT2D eigenvalue weighted by Crippen LogP contribution is 2.30. The third kappa shape index (κ3) is 4.73. The van der Waals surface area contributed by atoms with Crippen molar-refractivity contribution < 1.29 is 9.59 Å². The lowest BCUT2D eigenvalue weighted by atomic mass is 10.1. The summed E-state index contributed by atoms with van der Waals surface area (Å²) in [6.07, 6.45) is 1.36. The number of hydrogen-bond donors (Lipinski definition) is 2. The fraction of sp³-hybridized carbons (Fsp3) is 0.208. The highest BCUT2D eigenvalue weighted by molar-refractivity contribution is 6.01. The van der Waals surface area contributed by atoms with E-state index in [9.17, 15) is 9.59 Å². The molecule has 2 heterocycles. The number of nitrogens with zero attached hydrogens (tertiary/aromatic N) is 3. The van der Waals surface area contributed by atoms with Gasteiger partial charge in [0.25, 0.3) is 5.91 Å². The number of pyridine rings is 1. The molecule has 1 aliphatic heterocycles. The van der Waals surface area contributed by atoms with Gasteiger partial charge in [-0.15, -0.1) is 0 Å². The molecule has 2 N–H and O–H groups in total. The maximum absolute atomic E-state index is 12.4. The predicted octanol–water partition coefficient (Wildman–Crippen LogP) is 3.03. The van der Waals surface area contributed by atoms with Crippen LogP contribution in [0, 0.1) is 0 Å². The Hall–Kier alpha value is -3.71. The molecule has 3 aromatic rings. The minimum absolute atomic E-state index is 0.0765. The second-order valence-corrected chi connectivity index (χ2v) is 7.69. The van der Waals surface area contributed by atoms with Crippen LogP contribution in [0.15, 0.2) is 72.9 Å². The monoisotopic (exact) mass is 415 g/mol. The number of fused-ring (bicyclic) bond motifs is 1. The predicted molar refractivity (Wildman–Crippen MR) is 121 cm³/mol. The molecule has 1 aromatic heterocycles. The lowest BCUT2D eigenvalue weighted by Crippen LogP contribution is -2.45. The molecule has 0 saturated carbocycles. The van der Waals surface area contributed by atoms with Crippen molar-refractivity contribution in [1.82, 2.24) is 15.2 Å². The summed E-state index contributed by atoms with van der Waals surface area (Å²) >= 11 is 0. The molecule has 4 rings (SSSR count). The lowest BCUT2D eigenvalue weighted by molar-refractivity contribution is -0.117. The number of hydrogen-bond acceptors (Lipinski definition) is 5. The molecule has 0 bridgehead atoms. The van der Waals surface area contributed by atoms with E-state index >= 15 is 0 Å². The smallest absolute Gasteiger partial charge is 0.256 e. The minimum Gasteiger partial charge on any atom is -0.335 e. The average molecular weight is 415 g/mol. The van der Waals surface area contributed by atoms with Gasteiger partial charge >= 0.3 is 0 Å². The second-order valence-electron chi connectivity index (χ2n) is 7.69. The van der Waals surface area contributed by atoms with Crippen molar-refractivity contribution in [3.8, 4) is 0 Å². The van der Waals surface area contributed by atoms with Crippen molar-refractivity contribution in [2.45, 2.75) is 12.7 Å². The summed E-state index contributed by atoms with van der Waals surface area (Å²) in [6, 6.07) is 21.1. The Balaban J connectivity index is 1.37. The summed E-state index contributed by atoms with van der Waals surface area (Å²) in [7, 11) is 3.82. The summed E-state index contributed by atoms with van der Waals surface area (Å²) in [5.74, 6) is 0.424. The normalized spacial score (nSPS) is 15.4. The average Bonchev–Trinajstić information content (AvgIpc) is 2.77. The number of nitrogens with one attached hydrogen (secondary N) is 2. The van der Waals surface area contributed by atoms with Gasteiger partial charge in [-0.3, -0.25) is 14.5 Å². The van der Waals surface area contributed by atoms with Gasteiger partial charge in [-0.25, -0.2) is 4.98 Å². The third-order valence-corrected chi connectivity index (χ3v) is 5.24. The van der Waals surface area contributed by atoms with Crippen molar-refractivity contribution in [3.05, 3.63) is 89.6 Å². The molecular weight excluding hydrogens is 390 g/mol. The van der Waals surface area contributed by atoms with Crippen LogP contribution in [-0.4, -0.2) is 42.3 Å². The molecule has 7 heteroatoms. The van der Waals surface area contributed by atoms with Gasteiger partial charge < -0.3 is 15.5 Å². The molecular formula is C24H25N5O2. The van der Waals surface area contributed by atoms with Crippen LogP contribution in [0.1, 0.15) is 27.7 Å². The van der Waals surface area contributed by atoms with Gasteiger partial charge in [0.15, 0.2) is 0 Å². The van der Waals surface area contributed by atoms with Crippen molar-refractivity contribution in [3.63, 3.8) is 0 Å². The first kappa shape index (κ1) is 20.6. The Morgan fingerprint density at radius 1 is 1.10 bits per heavy atom. The number of amides is 2. The van der Waals surface area contributed by atoms with Gasteiger partial charge in [0, 0.05) is 25.5 Å². The highest BCUT2D eigenvalue weighted by Gasteiger charge is 2.30. The zero-order valence-electron chi connectivity index (χ0n) is 17.6. The number of rotatable bonds is 6. The van der Waals surface area contributed by atoms with E-state index in [4.69, 9.17) is 0 Å². The van der Waals surface area contributed by atoms with Crippen LogP contribution in [0.3, 0.4) is 0 Å². The van der Waals surface area contributed by atoms with Gasteiger partial charge in [0.1, 0.15) is 12.0 Å². The molecule has 1 aliphatic rings. The zero-order valence-corrected chi connectivity index (χ0v) is 17.6. The van der Waals surface area contributed by atoms with Gasteiger partial charge in [-0.05, 0) is 42.4 Å². The van der Waals surface area contributed by atoms with Crippen LogP contribution < -0.4 is 15.5 Å². The fourth-order valence-corrected chi connectivity index (χ4v) is 3.73. The van der Waals surface area contributed by atoms with E-state index in [1.165, 1.54) is 0 Å². The largest absolute Gasteiger partial charge is 0.335 e. The number of benzene rings is 2. The van der Waals surface area contributed by atoms with Crippen molar-refractivity contribution in [2.75, 3.05) is 30.9 Å². The van der Waals surface area contributed by atoms with Gasteiger partial charge in [0.05, 0.1) is 12.1 Å². The quantitative estimate of drug-likeness (QED) is 0.647. The summed E-state index contributed by atoms with van der Waals surface area (Å²) in [5.41, 5.74) is 3.35. The molecule has 0 radical (unpaired) electrons. The molecule has 0 aliphatic carbocycles. The molecule has 1 unspecified atom stereocenters. The van der Waals surface area contributed by atoms with E-state index in [0.717, 1.165) is 11.1 Å². The van der Waals surface area contributed by atoms with Gasteiger partial charge in [-0.1, -0.05) is 42.5 Å².